The van der Waals surface area contributed by atoms with Gasteiger partial charge < -0.3 is 20.3 Å². The van der Waals surface area contributed by atoms with Crippen molar-refractivity contribution >= 4 is 29.2 Å². The van der Waals surface area contributed by atoms with Gasteiger partial charge in [0.15, 0.2) is 0 Å². The van der Waals surface area contributed by atoms with Crippen LogP contribution < -0.4 is 15.5 Å². The van der Waals surface area contributed by atoms with E-state index in [9.17, 15) is 18.8 Å². The number of hydrogen-bond donors (Lipinski definition) is 2. The molecule has 4 amide bonds. The number of amides is 4. The Hall–Kier alpha value is -2.68. The normalized spacial score (nSPS) is 26.3. The first kappa shape index (κ1) is 21.5. The van der Waals surface area contributed by atoms with Crippen LogP contribution in [0.25, 0.3) is 0 Å². The zero-order chi connectivity index (χ0) is 22.3. The molecule has 3 fully saturated rings. The zero-order valence-electron chi connectivity index (χ0n) is 18.1. The molecular weight excluding hydrogens is 403 g/mol. The standard InChI is InChI=1S/C22H29FN4O4/c1-13-11-26(12-14(2)31-13)18-7-6-16(10-17(18)23)24-19(28)15(3)27-20(29)22(25-21(27)30)8-4-5-9-22/h6-7,10,13-15H,4-5,8-9,11-12H2,1-3H3,(H,24,28)(H,25,30). The fraction of sp³-hybridized carbons (Fsp3) is 0.591. The van der Waals surface area contributed by atoms with Crippen molar-refractivity contribution in [2.75, 3.05) is 23.3 Å². The molecule has 2 saturated heterocycles. The van der Waals surface area contributed by atoms with E-state index in [0.29, 0.717) is 31.6 Å². The third-order valence-electron chi connectivity index (χ3n) is 6.39. The average Bonchev–Trinajstić information content (AvgIpc) is 3.25. The minimum Gasteiger partial charge on any atom is -0.372 e. The number of ether oxygens (including phenoxy) is 1. The summed E-state index contributed by atoms with van der Waals surface area (Å²) in [6.07, 6.45) is 2.91. The summed E-state index contributed by atoms with van der Waals surface area (Å²) < 4.78 is 20.5. The molecule has 3 aliphatic rings. The Kier molecular flexibility index (Phi) is 5.63. The average molecular weight is 432 g/mol. The second kappa shape index (κ2) is 8.11. The van der Waals surface area contributed by atoms with Crippen LogP contribution in [0.4, 0.5) is 20.6 Å². The van der Waals surface area contributed by atoms with Crippen molar-refractivity contribution in [1.29, 1.82) is 0 Å². The highest BCUT2D eigenvalue weighted by molar-refractivity contribution is 6.11. The lowest BCUT2D eigenvalue weighted by atomic mass is 9.97. The lowest BCUT2D eigenvalue weighted by Crippen LogP contribution is -2.48. The quantitative estimate of drug-likeness (QED) is 0.714. The monoisotopic (exact) mass is 432 g/mol. The zero-order valence-corrected chi connectivity index (χ0v) is 18.1. The first-order valence-electron chi connectivity index (χ1n) is 10.9. The first-order valence-corrected chi connectivity index (χ1v) is 10.9. The van der Waals surface area contributed by atoms with Crippen molar-refractivity contribution in [3.8, 4) is 0 Å². The van der Waals surface area contributed by atoms with Crippen LogP contribution >= 0.6 is 0 Å². The molecule has 1 aromatic rings. The summed E-state index contributed by atoms with van der Waals surface area (Å²) in [5.41, 5.74) is -0.147. The maximum atomic E-state index is 14.8. The molecule has 1 saturated carbocycles. The minimum atomic E-state index is -1.00. The highest BCUT2D eigenvalue weighted by Gasteiger charge is 2.54. The van der Waals surface area contributed by atoms with Gasteiger partial charge >= 0.3 is 6.03 Å². The van der Waals surface area contributed by atoms with Gasteiger partial charge in [0, 0.05) is 18.8 Å². The highest BCUT2D eigenvalue weighted by Crippen LogP contribution is 2.36. The molecule has 2 aliphatic heterocycles. The maximum Gasteiger partial charge on any atom is 0.325 e. The molecule has 168 valence electrons. The van der Waals surface area contributed by atoms with Crippen LogP contribution in [-0.2, 0) is 14.3 Å². The van der Waals surface area contributed by atoms with E-state index < -0.39 is 29.3 Å². The van der Waals surface area contributed by atoms with Crippen molar-refractivity contribution in [2.24, 2.45) is 0 Å². The Morgan fingerprint density at radius 1 is 1.23 bits per heavy atom. The van der Waals surface area contributed by atoms with E-state index in [4.69, 9.17) is 4.74 Å². The SMILES string of the molecule is CC1CN(c2ccc(NC(=O)C(C)N3C(=O)NC4(CCCC4)C3=O)cc2F)CC(C)O1. The second-order valence-corrected chi connectivity index (χ2v) is 8.89. The molecule has 31 heavy (non-hydrogen) atoms. The molecule has 9 heteroatoms. The Balaban J connectivity index is 1.44. The lowest BCUT2D eigenvalue weighted by molar-refractivity contribution is -0.136. The number of rotatable bonds is 4. The summed E-state index contributed by atoms with van der Waals surface area (Å²) in [5, 5.41) is 5.40. The Morgan fingerprint density at radius 2 is 1.87 bits per heavy atom. The highest BCUT2D eigenvalue weighted by atomic mass is 19.1. The van der Waals surface area contributed by atoms with Crippen molar-refractivity contribution < 1.29 is 23.5 Å². The summed E-state index contributed by atoms with van der Waals surface area (Å²) in [4.78, 5) is 40.9. The van der Waals surface area contributed by atoms with Crippen molar-refractivity contribution in [3.63, 3.8) is 0 Å². The van der Waals surface area contributed by atoms with Gasteiger partial charge in [-0.3, -0.25) is 9.59 Å². The Bertz CT molecular complexity index is 891. The summed E-state index contributed by atoms with van der Waals surface area (Å²) in [7, 11) is 0. The molecule has 1 aromatic carbocycles. The Morgan fingerprint density at radius 3 is 2.48 bits per heavy atom. The molecule has 1 aliphatic carbocycles. The molecule has 0 bridgehead atoms. The van der Waals surface area contributed by atoms with Crippen LogP contribution in [0.2, 0.25) is 0 Å². The van der Waals surface area contributed by atoms with Crippen LogP contribution in [0.5, 0.6) is 0 Å². The number of carbonyl (C=O) groups is 3. The van der Waals surface area contributed by atoms with Crippen molar-refractivity contribution in [3.05, 3.63) is 24.0 Å². The third-order valence-corrected chi connectivity index (χ3v) is 6.39. The summed E-state index contributed by atoms with van der Waals surface area (Å²) in [5.74, 6) is -1.35. The second-order valence-electron chi connectivity index (χ2n) is 8.89. The van der Waals surface area contributed by atoms with Crippen LogP contribution in [0, 0.1) is 5.82 Å². The largest absolute Gasteiger partial charge is 0.372 e. The Labute approximate surface area is 181 Å². The molecule has 1 spiro atoms. The predicted molar refractivity (Wildman–Crippen MR) is 113 cm³/mol. The maximum absolute atomic E-state index is 14.8. The van der Waals surface area contributed by atoms with Gasteiger partial charge in [-0.1, -0.05) is 12.8 Å². The number of nitrogens with one attached hydrogen (secondary N) is 2. The van der Waals surface area contributed by atoms with Crippen LogP contribution in [0.3, 0.4) is 0 Å². The van der Waals surface area contributed by atoms with Gasteiger partial charge in [0.1, 0.15) is 17.4 Å². The number of carbonyl (C=O) groups excluding carboxylic acids is 3. The molecule has 8 nitrogen and oxygen atoms in total. The van der Waals surface area contributed by atoms with Crippen molar-refractivity contribution in [1.82, 2.24) is 10.2 Å². The van der Waals surface area contributed by atoms with E-state index in [1.165, 1.54) is 13.0 Å². The number of anilines is 2. The third kappa shape index (κ3) is 3.98. The van der Waals surface area contributed by atoms with Crippen molar-refractivity contribution in [2.45, 2.75) is 70.2 Å². The molecular formula is C22H29FN4O4. The fourth-order valence-electron chi connectivity index (χ4n) is 4.89. The fourth-order valence-corrected chi connectivity index (χ4v) is 4.89. The molecule has 0 aromatic heterocycles. The van der Waals surface area contributed by atoms with Gasteiger partial charge in [-0.25, -0.2) is 14.1 Å². The van der Waals surface area contributed by atoms with E-state index in [-0.39, 0.29) is 23.8 Å². The number of halogens is 1. The van der Waals surface area contributed by atoms with Gasteiger partial charge in [0.25, 0.3) is 5.91 Å². The number of imide groups is 1. The van der Waals surface area contributed by atoms with Gasteiger partial charge in [0.2, 0.25) is 5.91 Å². The van der Waals surface area contributed by atoms with E-state index in [1.54, 1.807) is 12.1 Å². The summed E-state index contributed by atoms with van der Waals surface area (Å²) >= 11 is 0. The predicted octanol–water partition coefficient (Wildman–Crippen LogP) is 2.63. The van der Waals surface area contributed by atoms with Crippen LogP contribution in [0.1, 0.15) is 46.5 Å². The van der Waals surface area contributed by atoms with Gasteiger partial charge in [-0.15, -0.1) is 0 Å². The smallest absolute Gasteiger partial charge is 0.325 e. The molecule has 4 rings (SSSR count). The molecule has 2 heterocycles. The molecule has 3 unspecified atom stereocenters. The van der Waals surface area contributed by atoms with Gasteiger partial charge in [-0.05, 0) is 51.8 Å². The molecule has 2 N–H and O–H groups in total. The summed E-state index contributed by atoms with van der Waals surface area (Å²) in [6.45, 7) is 6.56. The van der Waals surface area contributed by atoms with E-state index >= 15 is 0 Å². The number of benzene rings is 1. The van der Waals surface area contributed by atoms with E-state index in [2.05, 4.69) is 10.6 Å². The molecule has 0 radical (unpaired) electrons. The van der Waals surface area contributed by atoms with E-state index in [1.807, 2.05) is 18.7 Å². The number of nitrogens with zero attached hydrogens (tertiary/aromatic N) is 2. The van der Waals surface area contributed by atoms with Gasteiger partial charge in [0.05, 0.1) is 17.9 Å². The topological polar surface area (TPSA) is 91.0 Å². The number of urea groups is 1. The van der Waals surface area contributed by atoms with Gasteiger partial charge in [-0.2, -0.15) is 0 Å². The van der Waals surface area contributed by atoms with E-state index in [0.717, 1.165) is 17.7 Å². The lowest BCUT2D eigenvalue weighted by Gasteiger charge is -2.37. The number of morpholine rings is 1. The van der Waals surface area contributed by atoms with Crippen LogP contribution in [0.15, 0.2) is 18.2 Å². The molecule has 3 atom stereocenters. The minimum absolute atomic E-state index is 0.00400. The number of hydrogen-bond acceptors (Lipinski definition) is 5. The van der Waals surface area contributed by atoms with Crippen LogP contribution in [-0.4, -0.2) is 59.6 Å². The first-order chi connectivity index (χ1) is 14.7. The summed E-state index contributed by atoms with van der Waals surface area (Å²) in [6, 6.07) is 2.96.